The highest BCUT2D eigenvalue weighted by atomic mass is 35.5. The second-order valence-corrected chi connectivity index (χ2v) is 10.3. The maximum absolute atomic E-state index is 13.5. The highest BCUT2D eigenvalue weighted by Gasteiger charge is 2.39. The molecule has 3 aromatic rings. The number of carbonyl (C=O) groups excluding carboxylic acids is 2. The van der Waals surface area contributed by atoms with Crippen molar-refractivity contribution in [2.75, 3.05) is 11.9 Å². The molecule has 0 fully saturated rings. The molecule has 7 nitrogen and oxygen atoms in total. The van der Waals surface area contributed by atoms with E-state index < -0.39 is 5.25 Å². The van der Waals surface area contributed by atoms with Gasteiger partial charge < -0.3 is 10.1 Å². The molecule has 38 heavy (non-hydrogen) atoms. The average molecular weight is 551 g/mol. The van der Waals surface area contributed by atoms with E-state index in [0.29, 0.717) is 34.7 Å². The molecule has 0 saturated heterocycles. The van der Waals surface area contributed by atoms with Gasteiger partial charge in [-0.1, -0.05) is 47.6 Å². The van der Waals surface area contributed by atoms with Crippen LogP contribution in [-0.2, 0) is 9.59 Å². The number of hydrogen-bond donors (Lipinski definition) is 1. The molecule has 2 unspecified atom stereocenters. The van der Waals surface area contributed by atoms with E-state index in [1.165, 1.54) is 23.9 Å². The van der Waals surface area contributed by atoms with Crippen molar-refractivity contribution in [3.63, 3.8) is 0 Å². The van der Waals surface area contributed by atoms with Gasteiger partial charge in [-0.25, -0.2) is 9.40 Å². The van der Waals surface area contributed by atoms with Crippen molar-refractivity contribution in [3.8, 4) is 5.75 Å². The molecule has 2 amide bonds. The Morgan fingerprint density at radius 3 is 2.63 bits per heavy atom. The summed E-state index contributed by atoms with van der Waals surface area (Å²) in [6, 6.07) is 20.4. The fourth-order valence-corrected chi connectivity index (χ4v) is 5.52. The SMILES string of the molecule is CCOc1ccc(NC(=O)CC2SC(N3N=C(c4ccc(F)cc4)CC3c3cccc(Cl)c3)=NC2=O)cc1. The molecule has 0 bridgehead atoms. The van der Waals surface area contributed by atoms with E-state index in [-0.39, 0.29) is 30.1 Å². The molecule has 1 N–H and O–H groups in total. The van der Waals surface area contributed by atoms with Gasteiger partial charge in [0.05, 0.1) is 18.4 Å². The first kappa shape index (κ1) is 25.9. The molecule has 194 valence electrons. The first-order valence-corrected chi connectivity index (χ1v) is 13.4. The third-order valence-corrected chi connectivity index (χ3v) is 7.44. The summed E-state index contributed by atoms with van der Waals surface area (Å²) in [6.45, 7) is 2.45. The van der Waals surface area contributed by atoms with Crippen molar-refractivity contribution in [1.82, 2.24) is 5.01 Å². The first-order chi connectivity index (χ1) is 18.4. The molecule has 0 aliphatic carbocycles. The lowest BCUT2D eigenvalue weighted by Crippen LogP contribution is -2.25. The number of benzene rings is 3. The van der Waals surface area contributed by atoms with E-state index in [0.717, 1.165) is 16.8 Å². The van der Waals surface area contributed by atoms with Crippen LogP contribution in [0.1, 0.15) is 36.9 Å². The van der Waals surface area contributed by atoms with Crippen LogP contribution in [0.2, 0.25) is 5.02 Å². The Labute approximate surface area is 228 Å². The van der Waals surface area contributed by atoms with Crippen molar-refractivity contribution < 1.29 is 18.7 Å². The van der Waals surface area contributed by atoms with E-state index in [9.17, 15) is 14.0 Å². The van der Waals surface area contributed by atoms with Crippen LogP contribution in [0.5, 0.6) is 5.75 Å². The quantitative estimate of drug-likeness (QED) is 0.387. The molecule has 0 radical (unpaired) electrons. The molecule has 3 aromatic carbocycles. The van der Waals surface area contributed by atoms with Gasteiger partial charge in [0.15, 0.2) is 5.17 Å². The summed E-state index contributed by atoms with van der Waals surface area (Å²) in [5, 5.41) is 9.62. The van der Waals surface area contributed by atoms with Gasteiger partial charge in [-0.2, -0.15) is 10.1 Å². The van der Waals surface area contributed by atoms with Crippen molar-refractivity contribution >= 4 is 51.7 Å². The number of nitrogens with zero attached hydrogens (tertiary/aromatic N) is 3. The number of hydrazone groups is 1. The van der Waals surface area contributed by atoms with Crippen LogP contribution >= 0.6 is 23.4 Å². The highest BCUT2D eigenvalue weighted by Crippen LogP contribution is 2.39. The lowest BCUT2D eigenvalue weighted by Gasteiger charge is -2.23. The van der Waals surface area contributed by atoms with Crippen LogP contribution in [-0.4, -0.2) is 39.6 Å². The summed E-state index contributed by atoms with van der Waals surface area (Å²) in [7, 11) is 0. The minimum Gasteiger partial charge on any atom is -0.494 e. The maximum Gasteiger partial charge on any atom is 0.262 e. The van der Waals surface area contributed by atoms with Crippen LogP contribution < -0.4 is 10.1 Å². The van der Waals surface area contributed by atoms with E-state index >= 15 is 0 Å². The Kier molecular flexibility index (Phi) is 7.76. The summed E-state index contributed by atoms with van der Waals surface area (Å²) in [4.78, 5) is 29.7. The summed E-state index contributed by atoms with van der Waals surface area (Å²) in [5.74, 6) is -0.296. The topological polar surface area (TPSA) is 83.4 Å². The second-order valence-electron chi connectivity index (χ2n) is 8.72. The van der Waals surface area contributed by atoms with Gasteiger partial charge in [-0.15, -0.1) is 0 Å². The van der Waals surface area contributed by atoms with Gasteiger partial charge in [0.1, 0.15) is 16.8 Å². The van der Waals surface area contributed by atoms with Crippen molar-refractivity contribution in [2.45, 2.75) is 31.1 Å². The second kappa shape index (κ2) is 11.4. The number of amides is 2. The Morgan fingerprint density at radius 1 is 1.16 bits per heavy atom. The number of halogens is 2. The summed E-state index contributed by atoms with van der Waals surface area (Å²) in [6.07, 6.45) is 0.483. The highest BCUT2D eigenvalue weighted by molar-refractivity contribution is 8.15. The van der Waals surface area contributed by atoms with Gasteiger partial charge in [-0.3, -0.25) is 9.59 Å². The number of amidine groups is 1. The van der Waals surface area contributed by atoms with Gasteiger partial charge >= 0.3 is 0 Å². The lowest BCUT2D eigenvalue weighted by atomic mass is 9.98. The van der Waals surface area contributed by atoms with Crippen molar-refractivity contribution in [1.29, 1.82) is 0 Å². The van der Waals surface area contributed by atoms with Gasteiger partial charge in [-0.05, 0) is 66.6 Å². The smallest absolute Gasteiger partial charge is 0.262 e. The molecular formula is C28H24ClFN4O3S. The average Bonchev–Trinajstić information content (AvgIpc) is 3.50. The molecule has 2 aliphatic heterocycles. The van der Waals surface area contributed by atoms with Crippen LogP contribution in [0.4, 0.5) is 10.1 Å². The Balaban J connectivity index is 1.31. The minimum absolute atomic E-state index is 0.0338. The van der Waals surface area contributed by atoms with Gasteiger partial charge in [0.25, 0.3) is 5.91 Å². The third-order valence-electron chi connectivity index (χ3n) is 6.07. The zero-order valence-corrected chi connectivity index (χ0v) is 22.0. The third kappa shape index (κ3) is 5.89. The van der Waals surface area contributed by atoms with Gasteiger partial charge in [0.2, 0.25) is 5.91 Å². The number of hydrogen-bond acceptors (Lipinski definition) is 6. The standard InChI is InChI=1S/C28H24ClFN4O3S/c1-2-37-22-12-10-21(11-13-22)31-26(35)16-25-27(36)32-28(38-25)34-24(18-4-3-5-19(29)14-18)15-23(33-34)17-6-8-20(30)9-7-17/h3-14,24-25H,2,15-16H2,1H3,(H,31,35). The minimum atomic E-state index is -0.669. The van der Waals surface area contributed by atoms with Crippen LogP contribution in [0.15, 0.2) is 82.9 Å². The summed E-state index contributed by atoms with van der Waals surface area (Å²) < 4.78 is 18.9. The number of ether oxygens (including phenoxy) is 1. The molecule has 10 heteroatoms. The van der Waals surface area contributed by atoms with Crippen LogP contribution in [0, 0.1) is 5.82 Å². The van der Waals surface area contributed by atoms with Crippen LogP contribution in [0.3, 0.4) is 0 Å². The number of carbonyl (C=O) groups is 2. The van der Waals surface area contributed by atoms with E-state index in [2.05, 4.69) is 10.3 Å². The summed E-state index contributed by atoms with van der Waals surface area (Å²) in [5.41, 5.74) is 3.04. The lowest BCUT2D eigenvalue weighted by molar-refractivity contribution is -0.121. The fraction of sp³-hybridized carbons (Fsp3) is 0.214. The van der Waals surface area contributed by atoms with E-state index in [4.69, 9.17) is 21.4 Å². The molecule has 2 heterocycles. The zero-order chi connectivity index (χ0) is 26.6. The normalized spacial score (nSPS) is 18.8. The maximum atomic E-state index is 13.5. The molecule has 2 atom stereocenters. The van der Waals surface area contributed by atoms with Gasteiger partial charge in [0, 0.05) is 23.6 Å². The number of aliphatic imine (C=N–C) groups is 1. The molecule has 0 aromatic heterocycles. The molecular weight excluding hydrogens is 527 g/mol. The van der Waals surface area contributed by atoms with Crippen molar-refractivity contribution in [3.05, 3.63) is 94.8 Å². The predicted octanol–water partition coefficient (Wildman–Crippen LogP) is 6.06. The van der Waals surface area contributed by atoms with Crippen molar-refractivity contribution in [2.24, 2.45) is 10.1 Å². The number of nitrogens with one attached hydrogen (secondary N) is 1. The number of thioether (sulfide) groups is 1. The monoisotopic (exact) mass is 550 g/mol. The number of rotatable bonds is 7. The summed E-state index contributed by atoms with van der Waals surface area (Å²) >= 11 is 7.47. The molecule has 0 saturated carbocycles. The number of anilines is 1. The Bertz CT molecular complexity index is 1410. The molecule has 0 spiro atoms. The molecule has 5 rings (SSSR count). The Hall–Kier alpha value is -3.69. The van der Waals surface area contributed by atoms with E-state index in [1.807, 2.05) is 25.1 Å². The Morgan fingerprint density at radius 2 is 1.92 bits per heavy atom. The predicted molar refractivity (Wildman–Crippen MR) is 148 cm³/mol. The van der Waals surface area contributed by atoms with Crippen LogP contribution in [0.25, 0.3) is 0 Å². The van der Waals surface area contributed by atoms with E-state index in [1.54, 1.807) is 47.5 Å². The first-order valence-electron chi connectivity index (χ1n) is 12.1. The fourth-order valence-electron chi connectivity index (χ4n) is 4.26. The largest absolute Gasteiger partial charge is 0.494 e. The zero-order valence-electron chi connectivity index (χ0n) is 20.4. The molecule has 2 aliphatic rings.